The lowest BCUT2D eigenvalue weighted by molar-refractivity contribution is -0.186. The largest absolute Gasteiger partial charge is 0.394 e. The number of fused-ring (bicyclic) bond motifs is 1. The maximum Gasteiger partial charge on any atom is 0.280 e. The minimum atomic E-state index is -2.76. The number of nitrogen functional groups attached to an aromatic ring is 1. The van der Waals surface area contributed by atoms with Gasteiger partial charge in [-0.1, -0.05) is 0 Å². The number of nitrogens with one attached hydrogen (secondary N) is 1. The fourth-order valence-corrected chi connectivity index (χ4v) is 2.77. The molecule has 2 aromatic rings. The number of rotatable bonds is 4. The van der Waals surface area contributed by atoms with Gasteiger partial charge in [0.25, 0.3) is 5.56 Å². The first-order valence-electron chi connectivity index (χ1n) is 6.69. The van der Waals surface area contributed by atoms with Crippen LogP contribution in [-0.2, 0) is 20.1 Å². The van der Waals surface area contributed by atoms with Crippen LogP contribution in [0.3, 0.4) is 0 Å². The molecule has 3 rings (SSSR count). The van der Waals surface area contributed by atoms with E-state index in [2.05, 4.69) is 15.0 Å². The first-order valence-corrected chi connectivity index (χ1v) is 6.69. The Kier molecular flexibility index (Phi) is 3.49. The summed E-state index contributed by atoms with van der Waals surface area (Å²) in [5.74, 6) is -0.304. The third kappa shape index (κ3) is 1.78. The summed E-state index contributed by atoms with van der Waals surface area (Å²) in [6.07, 6.45) is -2.45. The van der Waals surface area contributed by atoms with Crippen molar-refractivity contribution in [2.45, 2.75) is 23.5 Å². The van der Waals surface area contributed by atoms with Gasteiger partial charge in [-0.05, 0) is 0 Å². The van der Waals surface area contributed by atoms with E-state index in [9.17, 15) is 29.7 Å². The molecule has 1 aliphatic rings. The third-order valence-corrected chi connectivity index (χ3v) is 4.01. The number of imidazole rings is 1. The first-order chi connectivity index (χ1) is 11.3. The van der Waals surface area contributed by atoms with E-state index in [0.29, 0.717) is 0 Å². The van der Waals surface area contributed by atoms with Crippen LogP contribution in [0.1, 0.15) is 0 Å². The SMILES string of the molecule is Nc1nc2c(ncn2[C@]2(C=O)O[C@H](CO)[C@@H](O)[C@]2(O)C=O)c(=O)[nH]1. The van der Waals surface area contributed by atoms with Crippen LogP contribution in [0.5, 0.6) is 0 Å². The van der Waals surface area contributed by atoms with Gasteiger partial charge in [0.15, 0.2) is 23.7 Å². The molecule has 2 aromatic heterocycles. The molecule has 0 amide bonds. The molecular weight excluding hydrogens is 326 g/mol. The van der Waals surface area contributed by atoms with E-state index in [1.165, 1.54) is 0 Å². The Morgan fingerprint density at radius 3 is 2.75 bits per heavy atom. The van der Waals surface area contributed by atoms with E-state index in [4.69, 9.17) is 10.5 Å². The highest BCUT2D eigenvalue weighted by atomic mass is 16.6. The maximum absolute atomic E-state index is 11.8. The normalized spacial score (nSPS) is 33.0. The molecule has 12 heteroatoms. The highest BCUT2D eigenvalue weighted by Gasteiger charge is 2.67. The number of hydrogen-bond acceptors (Lipinski definition) is 10. The fourth-order valence-electron chi connectivity index (χ4n) is 2.77. The summed E-state index contributed by atoms with van der Waals surface area (Å²) in [6, 6.07) is 0. The van der Waals surface area contributed by atoms with Crippen molar-refractivity contribution in [2.75, 3.05) is 12.3 Å². The minimum Gasteiger partial charge on any atom is -0.394 e. The van der Waals surface area contributed by atoms with Crippen molar-refractivity contribution in [1.29, 1.82) is 0 Å². The average molecular weight is 339 g/mol. The van der Waals surface area contributed by atoms with Crippen molar-refractivity contribution in [3.05, 3.63) is 16.7 Å². The zero-order valence-corrected chi connectivity index (χ0v) is 12.0. The predicted molar refractivity (Wildman–Crippen MR) is 75.6 cm³/mol. The van der Waals surface area contributed by atoms with Gasteiger partial charge in [0.1, 0.15) is 18.5 Å². The first kappa shape index (κ1) is 16.2. The van der Waals surface area contributed by atoms with Crippen molar-refractivity contribution in [1.82, 2.24) is 19.5 Å². The maximum atomic E-state index is 11.8. The lowest BCUT2D eigenvalue weighted by Gasteiger charge is -2.34. The second-order valence-electron chi connectivity index (χ2n) is 5.28. The summed E-state index contributed by atoms with van der Waals surface area (Å²) in [5.41, 5.74) is -0.999. The van der Waals surface area contributed by atoms with Crippen LogP contribution in [0, 0.1) is 0 Å². The molecule has 6 N–H and O–H groups in total. The quantitative estimate of drug-likeness (QED) is 0.345. The number of nitrogens with two attached hydrogens (primary N) is 1. The van der Waals surface area contributed by atoms with E-state index >= 15 is 0 Å². The Balaban J connectivity index is 2.35. The summed E-state index contributed by atoms with van der Waals surface area (Å²) < 4.78 is 6.09. The molecule has 3 heterocycles. The van der Waals surface area contributed by atoms with Gasteiger partial charge >= 0.3 is 0 Å². The number of aromatic nitrogens is 4. The molecular formula is C12H13N5O7. The number of anilines is 1. The van der Waals surface area contributed by atoms with Crippen LogP contribution in [0.15, 0.2) is 11.1 Å². The molecule has 1 fully saturated rings. The van der Waals surface area contributed by atoms with Gasteiger partial charge in [0, 0.05) is 0 Å². The molecule has 0 aromatic carbocycles. The summed E-state index contributed by atoms with van der Waals surface area (Å²) in [4.78, 5) is 44.9. The smallest absolute Gasteiger partial charge is 0.280 e. The molecule has 0 bridgehead atoms. The molecule has 0 aliphatic carbocycles. The Morgan fingerprint density at radius 1 is 1.46 bits per heavy atom. The Morgan fingerprint density at radius 2 is 2.17 bits per heavy atom. The lowest BCUT2D eigenvalue weighted by Crippen LogP contribution is -2.59. The molecule has 1 saturated heterocycles. The number of aromatic amines is 1. The highest BCUT2D eigenvalue weighted by Crippen LogP contribution is 2.42. The number of aliphatic hydroxyl groups excluding tert-OH is 2. The van der Waals surface area contributed by atoms with Crippen molar-refractivity contribution >= 4 is 29.7 Å². The molecule has 0 unspecified atom stereocenters. The van der Waals surface area contributed by atoms with Gasteiger partial charge < -0.3 is 25.8 Å². The number of aldehydes is 2. The zero-order chi connectivity index (χ0) is 17.7. The van der Waals surface area contributed by atoms with Crippen molar-refractivity contribution < 1.29 is 29.6 Å². The van der Waals surface area contributed by atoms with Crippen molar-refractivity contribution in [2.24, 2.45) is 0 Å². The minimum absolute atomic E-state index is 0.0560. The van der Waals surface area contributed by atoms with Crippen LogP contribution >= 0.6 is 0 Å². The Labute approximate surface area is 132 Å². The van der Waals surface area contributed by atoms with Gasteiger partial charge in [-0.25, -0.2) is 4.98 Å². The molecule has 0 saturated carbocycles. The molecule has 128 valence electrons. The topological polar surface area (TPSA) is 194 Å². The Hall–Kier alpha value is -2.67. The van der Waals surface area contributed by atoms with Crippen LogP contribution in [0.25, 0.3) is 11.2 Å². The second kappa shape index (κ2) is 5.17. The van der Waals surface area contributed by atoms with E-state index in [-0.39, 0.29) is 29.7 Å². The summed E-state index contributed by atoms with van der Waals surface area (Å²) >= 11 is 0. The number of nitrogens with zero attached hydrogens (tertiary/aromatic N) is 3. The van der Waals surface area contributed by atoms with Gasteiger partial charge in [-0.2, -0.15) is 4.98 Å². The number of hydrogen-bond donors (Lipinski definition) is 5. The molecule has 1 aliphatic heterocycles. The van der Waals surface area contributed by atoms with Gasteiger partial charge in [-0.15, -0.1) is 0 Å². The number of ether oxygens (including phenoxy) is 1. The number of H-pyrrole nitrogens is 1. The van der Waals surface area contributed by atoms with Crippen LogP contribution in [0.4, 0.5) is 5.95 Å². The molecule has 0 spiro atoms. The van der Waals surface area contributed by atoms with Gasteiger partial charge in [0.05, 0.1) is 6.61 Å². The van der Waals surface area contributed by atoms with E-state index in [0.717, 1.165) is 10.9 Å². The predicted octanol–water partition coefficient (Wildman–Crippen LogP) is -3.76. The van der Waals surface area contributed by atoms with E-state index in [1.54, 1.807) is 0 Å². The summed E-state index contributed by atoms with van der Waals surface area (Å²) in [7, 11) is 0. The molecule has 0 radical (unpaired) electrons. The standard InChI is InChI=1S/C12H13N5O7/c13-10-15-8-6(9(22)16-10)14-4-17(8)12(3-20)11(23,2-19)7(21)5(1-18)24-12/h2-5,7,18,21,23H,1H2,(H3,13,15,16,22)/t5-,7-,11-,12-/m1/s1. The average Bonchev–Trinajstić information content (AvgIpc) is 3.07. The zero-order valence-electron chi connectivity index (χ0n) is 12.0. The third-order valence-electron chi connectivity index (χ3n) is 4.01. The summed E-state index contributed by atoms with van der Waals surface area (Å²) in [6.45, 7) is -0.782. The molecule has 24 heavy (non-hydrogen) atoms. The van der Waals surface area contributed by atoms with Gasteiger partial charge in [0.2, 0.25) is 17.3 Å². The lowest BCUT2D eigenvalue weighted by atomic mass is 9.87. The van der Waals surface area contributed by atoms with Crippen molar-refractivity contribution in [3.63, 3.8) is 0 Å². The molecule has 12 nitrogen and oxygen atoms in total. The van der Waals surface area contributed by atoms with Crippen LogP contribution < -0.4 is 11.3 Å². The van der Waals surface area contributed by atoms with Gasteiger partial charge in [-0.3, -0.25) is 23.9 Å². The highest BCUT2D eigenvalue weighted by molar-refractivity contribution is 5.81. The van der Waals surface area contributed by atoms with E-state index in [1.807, 2.05) is 0 Å². The Bertz CT molecular complexity index is 878. The molecule has 4 atom stereocenters. The van der Waals surface area contributed by atoms with E-state index < -0.39 is 35.7 Å². The monoisotopic (exact) mass is 339 g/mol. The van der Waals surface area contributed by atoms with Crippen LogP contribution in [-0.4, -0.2) is 71.8 Å². The van der Waals surface area contributed by atoms with Crippen molar-refractivity contribution in [3.8, 4) is 0 Å². The fraction of sp³-hybridized carbons (Fsp3) is 0.417. The number of aliphatic hydroxyl groups is 3. The number of carbonyl (C=O) groups is 2. The van der Waals surface area contributed by atoms with Crippen LogP contribution in [0.2, 0.25) is 0 Å². The summed E-state index contributed by atoms with van der Waals surface area (Å²) in [5, 5.41) is 29.9. The second-order valence-corrected chi connectivity index (χ2v) is 5.28. The number of carbonyl (C=O) groups excluding carboxylic acids is 2.